The van der Waals surface area contributed by atoms with Gasteiger partial charge < -0.3 is 10.4 Å². The molecular formula is C24H17Cl2FN2O5. The number of carbonyl (C=O) groups is 4. The number of benzene rings is 2. The predicted molar refractivity (Wildman–Crippen MR) is 122 cm³/mol. The van der Waals surface area contributed by atoms with Crippen molar-refractivity contribution in [3.05, 3.63) is 92.4 Å². The van der Waals surface area contributed by atoms with E-state index in [1.54, 1.807) is 12.1 Å². The Morgan fingerprint density at radius 1 is 1.03 bits per heavy atom. The summed E-state index contributed by atoms with van der Waals surface area (Å²) in [5.74, 6) is -4.06. The quantitative estimate of drug-likeness (QED) is 0.561. The third kappa shape index (κ3) is 4.34. The van der Waals surface area contributed by atoms with E-state index < -0.39 is 35.5 Å². The molecule has 0 radical (unpaired) electrons. The van der Waals surface area contributed by atoms with E-state index in [4.69, 9.17) is 23.2 Å². The maximum atomic E-state index is 14.1. The van der Waals surface area contributed by atoms with Crippen LogP contribution >= 0.6 is 23.2 Å². The molecule has 4 rings (SSSR count). The van der Waals surface area contributed by atoms with E-state index in [2.05, 4.69) is 5.32 Å². The van der Waals surface area contributed by atoms with E-state index in [0.717, 1.165) is 11.0 Å². The molecule has 2 aromatic rings. The molecule has 1 aliphatic heterocycles. The first-order valence-corrected chi connectivity index (χ1v) is 11.0. The van der Waals surface area contributed by atoms with Gasteiger partial charge in [0.05, 0.1) is 26.7 Å². The Bertz CT molecular complexity index is 1280. The molecule has 0 spiro atoms. The first-order valence-electron chi connectivity index (χ1n) is 10.2. The minimum Gasteiger partial charge on any atom is -0.480 e. The molecule has 1 heterocycles. The first-order chi connectivity index (χ1) is 16.2. The van der Waals surface area contributed by atoms with Crippen molar-refractivity contribution in [2.75, 3.05) is 0 Å². The molecule has 3 amide bonds. The summed E-state index contributed by atoms with van der Waals surface area (Å²) in [4.78, 5) is 50.6. The van der Waals surface area contributed by atoms with Gasteiger partial charge in [0.1, 0.15) is 11.9 Å². The van der Waals surface area contributed by atoms with Crippen LogP contribution in [-0.2, 0) is 4.79 Å². The molecule has 1 aliphatic carbocycles. The number of carboxylic acid groups (broad SMARTS) is 1. The number of hydrogen-bond acceptors (Lipinski definition) is 4. The molecule has 2 aliphatic rings. The lowest BCUT2D eigenvalue weighted by atomic mass is 9.95. The SMILES string of the molecule is O=C(N[C@@H](CC1=CC=C(N2C(=O)c3cccc(F)c3C2=O)CC1)C(=O)O)c1c(Cl)cccc1Cl. The Labute approximate surface area is 203 Å². The van der Waals surface area contributed by atoms with Gasteiger partial charge >= 0.3 is 5.97 Å². The van der Waals surface area contributed by atoms with Crippen molar-refractivity contribution < 1.29 is 28.7 Å². The number of carbonyl (C=O) groups excluding carboxylic acids is 3. The lowest BCUT2D eigenvalue weighted by Gasteiger charge is -2.23. The Morgan fingerprint density at radius 2 is 1.71 bits per heavy atom. The highest BCUT2D eigenvalue weighted by Gasteiger charge is 2.40. The van der Waals surface area contributed by atoms with Crippen molar-refractivity contribution in [1.82, 2.24) is 10.2 Å². The van der Waals surface area contributed by atoms with E-state index in [1.165, 1.54) is 30.3 Å². The largest absolute Gasteiger partial charge is 0.480 e. The number of hydrogen-bond donors (Lipinski definition) is 2. The predicted octanol–water partition coefficient (Wildman–Crippen LogP) is 4.61. The minimum atomic E-state index is -1.26. The lowest BCUT2D eigenvalue weighted by molar-refractivity contribution is -0.139. The normalized spacial score (nSPS) is 16.0. The highest BCUT2D eigenvalue weighted by molar-refractivity contribution is 6.39. The Kier molecular flexibility index (Phi) is 6.54. The molecule has 174 valence electrons. The summed E-state index contributed by atoms with van der Waals surface area (Å²) in [6.07, 6.45) is 3.72. The number of nitrogens with zero attached hydrogens (tertiary/aromatic N) is 1. The Hall–Kier alpha value is -3.49. The summed E-state index contributed by atoms with van der Waals surface area (Å²) in [7, 11) is 0. The third-order valence-electron chi connectivity index (χ3n) is 5.62. The zero-order chi connectivity index (χ0) is 24.6. The second-order valence-corrected chi connectivity index (χ2v) is 8.57. The van der Waals surface area contributed by atoms with Crippen LogP contribution in [0.2, 0.25) is 10.0 Å². The summed E-state index contributed by atoms with van der Waals surface area (Å²) in [6.45, 7) is 0. The number of fused-ring (bicyclic) bond motifs is 1. The monoisotopic (exact) mass is 502 g/mol. The zero-order valence-electron chi connectivity index (χ0n) is 17.5. The molecule has 7 nitrogen and oxygen atoms in total. The molecule has 10 heteroatoms. The average Bonchev–Trinajstić information content (AvgIpc) is 3.05. The second kappa shape index (κ2) is 9.40. The zero-order valence-corrected chi connectivity index (χ0v) is 19.0. The number of nitrogens with one attached hydrogen (secondary N) is 1. The smallest absolute Gasteiger partial charge is 0.326 e. The average molecular weight is 503 g/mol. The van der Waals surface area contributed by atoms with Gasteiger partial charge in [-0.25, -0.2) is 14.1 Å². The van der Waals surface area contributed by atoms with Crippen molar-refractivity contribution in [3.8, 4) is 0 Å². The molecule has 0 saturated heterocycles. The van der Waals surface area contributed by atoms with Crippen LogP contribution in [0, 0.1) is 5.82 Å². The summed E-state index contributed by atoms with van der Waals surface area (Å²) in [5, 5.41) is 12.2. The fourth-order valence-electron chi connectivity index (χ4n) is 3.94. The number of amides is 3. The van der Waals surface area contributed by atoms with Crippen molar-refractivity contribution in [2.45, 2.75) is 25.3 Å². The van der Waals surface area contributed by atoms with E-state index in [9.17, 15) is 28.7 Å². The summed E-state index contributed by atoms with van der Waals surface area (Å²) in [6, 6.07) is 7.14. The molecular weight excluding hydrogens is 486 g/mol. The molecule has 2 aromatic carbocycles. The van der Waals surface area contributed by atoms with Gasteiger partial charge in [-0.15, -0.1) is 0 Å². The van der Waals surface area contributed by atoms with Crippen molar-refractivity contribution in [2.24, 2.45) is 0 Å². The van der Waals surface area contributed by atoms with E-state index in [0.29, 0.717) is 17.7 Å². The van der Waals surface area contributed by atoms with Gasteiger partial charge in [-0.05, 0) is 49.6 Å². The molecule has 2 N–H and O–H groups in total. The van der Waals surface area contributed by atoms with Crippen molar-refractivity contribution in [1.29, 1.82) is 0 Å². The Balaban J connectivity index is 1.50. The van der Waals surface area contributed by atoms with E-state index in [-0.39, 0.29) is 39.6 Å². The summed E-state index contributed by atoms with van der Waals surface area (Å²) in [5.41, 5.74) is 0.801. The lowest BCUT2D eigenvalue weighted by Crippen LogP contribution is -2.41. The minimum absolute atomic E-state index is 0.00700. The van der Waals surface area contributed by atoms with Gasteiger partial charge in [0, 0.05) is 5.70 Å². The highest BCUT2D eigenvalue weighted by Crippen LogP contribution is 2.33. The second-order valence-electron chi connectivity index (χ2n) is 7.76. The van der Waals surface area contributed by atoms with Gasteiger partial charge in [0.15, 0.2) is 0 Å². The highest BCUT2D eigenvalue weighted by atomic mass is 35.5. The van der Waals surface area contributed by atoms with Crippen molar-refractivity contribution >= 4 is 46.9 Å². The standard InChI is InChI=1S/C24H17Cl2FN2O5/c25-15-4-2-5-16(26)20(15)21(30)28-18(24(33)34)11-12-7-9-13(10-8-12)29-22(31)14-3-1-6-17(27)19(14)23(29)32/h1-7,9,18H,8,10-11H2,(H,28,30)(H,33,34)/t18-/m0/s1. The maximum Gasteiger partial charge on any atom is 0.326 e. The van der Waals surface area contributed by atoms with E-state index >= 15 is 0 Å². The summed E-state index contributed by atoms with van der Waals surface area (Å²) >= 11 is 12.1. The topological polar surface area (TPSA) is 104 Å². The number of allylic oxidation sites excluding steroid dienone is 3. The fraction of sp³-hybridized carbons (Fsp3) is 0.167. The van der Waals surface area contributed by atoms with Crippen LogP contribution in [0.4, 0.5) is 4.39 Å². The van der Waals surface area contributed by atoms with Crippen LogP contribution in [0.25, 0.3) is 0 Å². The molecule has 0 aromatic heterocycles. The number of imide groups is 1. The number of aliphatic carboxylic acids is 1. The Morgan fingerprint density at radius 3 is 2.29 bits per heavy atom. The number of carboxylic acids is 1. The van der Waals surface area contributed by atoms with E-state index in [1.807, 2.05) is 0 Å². The molecule has 0 saturated carbocycles. The maximum absolute atomic E-state index is 14.1. The fourth-order valence-corrected chi connectivity index (χ4v) is 4.51. The van der Waals surface area contributed by atoms with Crippen LogP contribution in [-0.4, -0.2) is 39.7 Å². The molecule has 0 bridgehead atoms. The number of halogens is 3. The van der Waals surface area contributed by atoms with Crippen LogP contribution in [0.1, 0.15) is 50.3 Å². The molecule has 0 unspecified atom stereocenters. The summed E-state index contributed by atoms with van der Waals surface area (Å²) < 4.78 is 14.1. The molecule has 1 atom stereocenters. The van der Waals surface area contributed by atoms with Gasteiger partial charge in [0.2, 0.25) is 0 Å². The first kappa shape index (κ1) is 23.7. The van der Waals surface area contributed by atoms with Gasteiger partial charge in [-0.2, -0.15) is 0 Å². The van der Waals surface area contributed by atoms with Gasteiger partial charge in [-0.1, -0.05) is 47.0 Å². The molecule has 0 fully saturated rings. The van der Waals surface area contributed by atoms with Crippen LogP contribution < -0.4 is 5.32 Å². The number of rotatable bonds is 6. The van der Waals surface area contributed by atoms with Gasteiger partial charge in [0.25, 0.3) is 17.7 Å². The van der Waals surface area contributed by atoms with Crippen LogP contribution in [0.3, 0.4) is 0 Å². The van der Waals surface area contributed by atoms with Crippen LogP contribution in [0.15, 0.2) is 59.8 Å². The molecule has 34 heavy (non-hydrogen) atoms. The third-order valence-corrected chi connectivity index (χ3v) is 6.25. The van der Waals surface area contributed by atoms with Crippen molar-refractivity contribution in [3.63, 3.8) is 0 Å². The van der Waals surface area contributed by atoms with Crippen LogP contribution in [0.5, 0.6) is 0 Å². The van der Waals surface area contributed by atoms with Gasteiger partial charge in [-0.3, -0.25) is 14.4 Å².